The third-order valence-electron chi connectivity index (χ3n) is 7.35. The Labute approximate surface area is 199 Å². The number of carbonyl (C=O) groups excluding carboxylic acids is 1. The van der Waals surface area contributed by atoms with Crippen molar-refractivity contribution in [1.82, 2.24) is 0 Å². The lowest BCUT2D eigenvalue weighted by molar-refractivity contribution is 0.0600. The molecular weight excluding hydrogens is 411 g/mol. The molecule has 0 saturated carbocycles. The van der Waals surface area contributed by atoms with Gasteiger partial charge < -0.3 is 4.74 Å². The monoisotopic (exact) mass is 450 g/mol. The van der Waals surface area contributed by atoms with E-state index in [0.717, 1.165) is 12.8 Å². The van der Waals surface area contributed by atoms with Crippen molar-refractivity contribution < 1.29 is 13.9 Å². The summed E-state index contributed by atoms with van der Waals surface area (Å²) in [5, 5.41) is 0. The fourth-order valence-electron chi connectivity index (χ4n) is 4.95. The van der Waals surface area contributed by atoms with Gasteiger partial charge in [0.25, 0.3) is 0 Å². The quantitative estimate of drug-likeness (QED) is 0.298. The summed E-state index contributed by atoms with van der Waals surface area (Å²) in [6.07, 6.45) is 10.9. The number of carbonyl (C=O) groups is 1. The first kappa shape index (κ1) is 25.2. The molecule has 178 valence electrons. The van der Waals surface area contributed by atoms with Crippen molar-refractivity contribution in [2.24, 2.45) is 0 Å². The number of allylic oxidation sites excluding steroid dienone is 1. The minimum atomic E-state index is -0.526. The van der Waals surface area contributed by atoms with E-state index < -0.39 is 11.8 Å². The Kier molecular flexibility index (Phi) is 7.82. The molecule has 0 fully saturated rings. The molecule has 0 spiro atoms. The predicted molar refractivity (Wildman–Crippen MR) is 135 cm³/mol. The van der Waals surface area contributed by atoms with Crippen molar-refractivity contribution in [2.45, 2.75) is 89.9 Å². The molecule has 0 saturated heterocycles. The van der Waals surface area contributed by atoms with Crippen LogP contribution >= 0.6 is 0 Å². The average molecular weight is 451 g/mol. The summed E-state index contributed by atoms with van der Waals surface area (Å²) >= 11 is 0. The summed E-state index contributed by atoms with van der Waals surface area (Å²) in [6.45, 7) is 11.6. The van der Waals surface area contributed by atoms with Crippen molar-refractivity contribution in [3.63, 3.8) is 0 Å². The van der Waals surface area contributed by atoms with E-state index in [1.165, 1.54) is 55.5 Å². The first-order valence-electron chi connectivity index (χ1n) is 12.3. The Bertz CT molecular complexity index is 1020. The smallest absolute Gasteiger partial charge is 0.337 e. The van der Waals surface area contributed by atoms with Crippen LogP contribution in [0.5, 0.6) is 0 Å². The Morgan fingerprint density at radius 1 is 1.03 bits per heavy atom. The van der Waals surface area contributed by atoms with Crippen LogP contribution in [-0.2, 0) is 15.6 Å². The molecule has 2 aromatic carbocycles. The third-order valence-corrected chi connectivity index (χ3v) is 7.35. The average Bonchev–Trinajstić information content (AvgIpc) is 2.79. The van der Waals surface area contributed by atoms with E-state index in [9.17, 15) is 9.18 Å². The highest BCUT2D eigenvalue weighted by Gasteiger charge is 2.37. The minimum Gasteiger partial charge on any atom is -0.465 e. The molecule has 1 aliphatic rings. The van der Waals surface area contributed by atoms with Gasteiger partial charge in [-0.05, 0) is 58.9 Å². The Morgan fingerprint density at radius 2 is 1.73 bits per heavy atom. The molecule has 0 radical (unpaired) electrons. The zero-order valence-corrected chi connectivity index (χ0v) is 21.1. The molecule has 1 aliphatic carbocycles. The summed E-state index contributed by atoms with van der Waals surface area (Å²) in [4.78, 5) is 11.7. The topological polar surface area (TPSA) is 26.3 Å². The van der Waals surface area contributed by atoms with Crippen molar-refractivity contribution in [3.8, 4) is 0 Å². The molecule has 0 amide bonds. The maximum atomic E-state index is 14.7. The lowest BCUT2D eigenvalue weighted by atomic mass is 9.62. The van der Waals surface area contributed by atoms with Crippen LogP contribution in [0.3, 0.4) is 0 Å². The molecule has 1 atom stereocenters. The Balaban J connectivity index is 1.95. The number of ether oxygens (including phenoxy) is 1. The van der Waals surface area contributed by atoms with Crippen LogP contribution in [0.4, 0.5) is 4.39 Å². The fraction of sp³-hybridized carbons (Fsp3) is 0.500. The van der Waals surface area contributed by atoms with Crippen LogP contribution in [-0.4, -0.2) is 13.1 Å². The number of methoxy groups -OCH3 is 1. The van der Waals surface area contributed by atoms with Gasteiger partial charge >= 0.3 is 5.97 Å². The van der Waals surface area contributed by atoms with Gasteiger partial charge in [-0.3, -0.25) is 0 Å². The maximum Gasteiger partial charge on any atom is 0.337 e. The first-order valence-corrected chi connectivity index (χ1v) is 12.3. The van der Waals surface area contributed by atoms with Crippen LogP contribution < -0.4 is 0 Å². The molecule has 0 aliphatic heterocycles. The van der Waals surface area contributed by atoms with Crippen molar-refractivity contribution in [3.05, 3.63) is 76.1 Å². The zero-order chi connectivity index (χ0) is 24.2. The molecule has 2 nitrogen and oxygen atoms in total. The van der Waals surface area contributed by atoms with E-state index in [0.29, 0.717) is 5.56 Å². The molecule has 0 bridgehead atoms. The van der Waals surface area contributed by atoms with E-state index in [-0.39, 0.29) is 22.3 Å². The van der Waals surface area contributed by atoms with Crippen LogP contribution in [0, 0.1) is 5.82 Å². The molecule has 33 heavy (non-hydrogen) atoms. The van der Waals surface area contributed by atoms with E-state index in [4.69, 9.17) is 4.74 Å². The molecule has 0 aromatic heterocycles. The zero-order valence-electron chi connectivity index (χ0n) is 21.1. The number of unbranched alkanes of at least 4 members (excludes halogenated alkanes) is 2. The van der Waals surface area contributed by atoms with Gasteiger partial charge in [0.2, 0.25) is 0 Å². The summed E-state index contributed by atoms with van der Waals surface area (Å²) in [5.41, 5.74) is 5.30. The highest BCUT2D eigenvalue weighted by Crippen LogP contribution is 2.46. The second-order valence-electron chi connectivity index (χ2n) is 10.8. The second-order valence-corrected chi connectivity index (χ2v) is 10.8. The first-order chi connectivity index (χ1) is 15.6. The van der Waals surface area contributed by atoms with Gasteiger partial charge in [-0.1, -0.05) is 90.3 Å². The fourth-order valence-corrected chi connectivity index (χ4v) is 4.95. The molecule has 3 heteroatoms. The largest absolute Gasteiger partial charge is 0.465 e. The standard InChI is InChI=1S/C30H39FO2/c1-7-8-9-10-21(11-12-22-13-14-24(20-27(22)31)28(32)33-6)23-15-16-25-26(19-23)30(4,5)18-17-29(25,2)3/h11-16,19-21H,7-10,17-18H2,1-6H3. The van der Waals surface area contributed by atoms with Crippen LogP contribution in [0.15, 0.2) is 42.5 Å². The summed E-state index contributed by atoms with van der Waals surface area (Å²) < 4.78 is 19.4. The van der Waals surface area contributed by atoms with Gasteiger partial charge in [0, 0.05) is 11.5 Å². The normalized spacial score (nSPS) is 17.5. The van der Waals surface area contributed by atoms with E-state index >= 15 is 0 Å². The summed E-state index contributed by atoms with van der Waals surface area (Å²) in [5.74, 6) is -0.710. The SMILES string of the molecule is CCCCCC(C=Cc1ccc(C(=O)OC)cc1F)c1ccc2c(c1)C(C)(C)CCC2(C)C. The second kappa shape index (κ2) is 10.2. The summed E-state index contributed by atoms with van der Waals surface area (Å²) in [7, 11) is 1.30. The number of benzene rings is 2. The van der Waals surface area contributed by atoms with Gasteiger partial charge in [-0.25, -0.2) is 9.18 Å². The molecule has 1 unspecified atom stereocenters. The van der Waals surface area contributed by atoms with E-state index in [1.807, 2.05) is 6.08 Å². The molecule has 0 heterocycles. The number of hydrogen-bond acceptors (Lipinski definition) is 2. The Hall–Kier alpha value is -2.42. The predicted octanol–water partition coefficient (Wildman–Crippen LogP) is 8.34. The minimum absolute atomic E-state index is 0.161. The van der Waals surface area contributed by atoms with Gasteiger partial charge in [0.15, 0.2) is 0 Å². The molecule has 0 N–H and O–H groups in total. The highest BCUT2D eigenvalue weighted by molar-refractivity contribution is 5.89. The lowest BCUT2D eigenvalue weighted by Gasteiger charge is -2.42. The number of rotatable bonds is 8. The highest BCUT2D eigenvalue weighted by atomic mass is 19.1. The van der Waals surface area contributed by atoms with E-state index in [2.05, 4.69) is 58.9 Å². The van der Waals surface area contributed by atoms with E-state index in [1.54, 1.807) is 12.1 Å². The van der Waals surface area contributed by atoms with Crippen LogP contribution in [0.1, 0.15) is 112 Å². The van der Waals surface area contributed by atoms with Crippen LogP contribution in [0.2, 0.25) is 0 Å². The number of fused-ring (bicyclic) bond motifs is 1. The number of halogens is 1. The van der Waals surface area contributed by atoms with Crippen molar-refractivity contribution in [1.29, 1.82) is 0 Å². The van der Waals surface area contributed by atoms with Crippen molar-refractivity contribution in [2.75, 3.05) is 7.11 Å². The Morgan fingerprint density at radius 3 is 2.36 bits per heavy atom. The number of esters is 1. The van der Waals surface area contributed by atoms with Gasteiger partial charge in [-0.2, -0.15) is 0 Å². The molecule has 2 aromatic rings. The van der Waals surface area contributed by atoms with Gasteiger partial charge in [0.05, 0.1) is 12.7 Å². The van der Waals surface area contributed by atoms with Gasteiger partial charge in [0.1, 0.15) is 5.82 Å². The number of hydrogen-bond donors (Lipinski definition) is 0. The lowest BCUT2D eigenvalue weighted by Crippen LogP contribution is -2.34. The van der Waals surface area contributed by atoms with Crippen LogP contribution in [0.25, 0.3) is 6.08 Å². The maximum absolute atomic E-state index is 14.7. The van der Waals surface area contributed by atoms with Gasteiger partial charge in [-0.15, -0.1) is 0 Å². The molecule has 3 rings (SSSR count). The summed E-state index contributed by atoms with van der Waals surface area (Å²) in [6, 6.07) is 11.5. The molecular formula is C30H39FO2. The third kappa shape index (κ3) is 5.75. The van der Waals surface area contributed by atoms with Crippen molar-refractivity contribution >= 4 is 12.0 Å².